The van der Waals surface area contributed by atoms with E-state index in [-0.39, 0.29) is 18.6 Å². The molecule has 1 fully saturated rings. The first-order chi connectivity index (χ1) is 10.7. The predicted octanol–water partition coefficient (Wildman–Crippen LogP) is 2.93. The molecular formula is C16H24ClN3O2. The first-order valence-electron chi connectivity index (χ1n) is 7.98. The lowest BCUT2D eigenvalue weighted by molar-refractivity contribution is 0.0724. The van der Waals surface area contributed by atoms with Crippen molar-refractivity contribution in [1.82, 2.24) is 9.88 Å². The van der Waals surface area contributed by atoms with Crippen LogP contribution in [0.3, 0.4) is 0 Å². The molecule has 2 heterocycles. The number of anilines is 1. The molecule has 1 aliphatic heterocycles. The molecular weight excluding hydrogens is 302 g/mol. The molecule has 2 rings (SSSR count). The summed E-state index contributed by atoms with van der Waals surface area (Å²) in [5.41, 5.74) is 0.535. The van der Waals surface area contributed by atoms with Crippen molar-refractivity contribution in [3.05, 3.63) is 22.8 Å². The summed E-state index contributed by atoms with van der Waals surface area (Å²) in [5, 5.41) is 12.7. The number of piperidine rings is 1. The number of carbonyl (C=O) groups is 1. The number of pyridine rings is 1. The van der Waals surface area contributed by atoms with E-state index in [1.54, 1.807) is 12.3 Å². The van der Waals surface area contributed by atoms with E-state index in [1.165, 1.54) is 6.42 Å². The smallest absolute Gasteiger partial charge is 0.255 e. The van der Waals surface area contributed by atoms with Crippen molar-refractivity contribution in [2.75, 3.05) is 25.0 Å². The highest BCUT2D eigenvalue weighted by Crippen LogP contribution is 2.23. The lowest BCUT2D eigenvalue weighted by atomic mass is 10.1. The first-order valence-corrected chi connectivity index (χ1v) is 8.35. The van der Waals surface area contributed by atoms with Gasteiger partial charge in [0.15, 0.2) is 0 Å². The second kappa shape index (κ2) is 8.34. The highest BCUT2D eigenvalue weighted by molar-refractivity contribution is 6.33. The third kappa shape index (κ3) is 4.34. The minimum atomic E-state index is 0.00282. The van der Waals surface area contributed by atoms with Gasteiger partial charge in [-0.05, 0) is 38.2 Å². The van der Waals surface area contributed by atoms with Crippen LogP contribution >= 0.6 is 11.6 Å². The number of aliphatic hydroxyl groups excluding tert-OH is 1. The fourth-order valence-electron chi connectivity index (χ4n) is 2.67. The molecule has 0 bridgehead atoms. The van der Waals surface area contributed by atoms with Gasteiger partial charge >= 0.3 is 0 Å². The Balaban J connectivity index is 2.06. The first kappa shape index (κ1) is 17.0. The van der Waals surface area contributed by atoms with Crippen LogP contribution in [-0.4, -0.2) is 46.6 Å². The van der Waals surface area contributed by atoms with Crippen LogP contribution in [0.25, 0.3) is 0 Å². The molecule has 1 aromatic rings. The molecule has 6 heteroatoms. The summed E-state index contributed by atoms with van der Waals surface area (Å²) in [6.45, 7) is 3.78. The molecule has 1 saturated heterocycles. The number of hydrogen-bond acceptors (Lipinski definition) is 4. The summed E-state index contributed by atoms with van der Waals surface area (Å²) in [4.78, 5) is 18.6. The average molecular weight is 326 g/mol. The van der Waals surface area contributed by atoms with Crippen molar-refractivity contribution >= 4 is 23.3 Å². The standard InChI is InChI=1S/C16H24ClN3O2/c1-2-13(6-9-21)19-15-14(17)10-12(11-18-15)16(22)20-7-4-3-5-8-20/h10-11,13,21H,2-9H2,1H3,(H,18,19). The van der Waals surface area contributed by atoms with E-state index < -0.39 is 0 Å². The monoisotopic (exact) mass is 325 g/mol. The Labute approximate surface area is 136 Å². The maximum atomic E-state index is 12.4. The molecule has 0 saturated carbocycles. The van der Waals surface area contributed by atoms with Crippen LogP contribution in [0.4, 0.5) is 5.82 Å². The van der Waals surface area contributed by atoms with Gasteiger partial charge in [0, 0.05) is 31.9 Å². The molecule has 0 aromatic carbocycles. The Morgan fingerprint density at radius 3 is 2.77 bits per heavy atom. The van der Waals surface area contributed by atoms with Crippen LogP contribution < -0.4 is 5.32 Å². The van der Waals surface area contributed by atoms with Crippen molar-refractivity contribution in [3.63, 3.8) is 0 Å². The average Bonchev–Trinajstić information content (AvgIpc) is 2.56. The van der Waals surface area contributed by atoms with Crippen molar-refractivity contribution in [2.45, 2.75) is 45.1 Å². The lowest BCUT2D eigenvalue weighted by Gasteiger charge is -2.26. The molecule has 1 amide bonds. The summed E-state index contributed by atoms with van der Waals surface area (Å²) >= 11 is 6.26. The number of halogens is 1. The van der Waals surface area contributed by atoms with Gasteiger partial charge in [0.1, 0.15) is 5.82 Å². The van der Waals surface area contributed by atoms with E-state index in [0.29, 0.717) is 22.8 Å². The van der Waals surface area contributed by atoms with Crippen molar-refractivity contribution < 1.29 is 9.90 Å². The van der Waals surface area contributed by atoms with Crippen molar-refractivity contribution in [1.29, 1.82) is 0 Å². The zero-order valence-electron chi connectivity index (χ0n) is 13.0. The normalized spacial score (nSPS) is 16.4. The molecule has 1 atom stereocenters. The number of carbonyl (C=O) groups excluding carboxylic acids is 1. The minimum absolute atomic E-state index is 0.00282. The van der Waals surface area contributed by atoms with E-state index in [4.69, 9.17) is 16.7 Å². The van der Waals surface area contributed by atoms with Gasteiger partial charge in [-0.1, -0.05) is 18.5 Å². The van der Waals surface area contributed by atoms with Crippen LogP contribution in [0.15, 0.2) is 12.3 Å². The van der Waals surface area contributed by atoms with Crippen LogP contribution in [0, 0.1) is 0 Å². The molecule has 5 nitrogen and oxygen atoms in total. The fraction of sp³-hybridized carbons (Fsp3) is 0.625. The van der Waals surface area contributed by atoms with Crippen molar-refractivity contribution in [3.8, 4) is 0 Å². The zero-order chi connectivity index (χ0) is 15.9. The van der Waals surface area contributed by atoms with E-state index in [2.05, 4.69) is 10.3 Å². The Hall–Kier alpha value is -1.33. The molecule has 1 unspecified atom stereocenters. The maximum absolute atomic E-state index is 12.4. The second-order valence-electron chi connectivity index (χ2n) is 5.67. The highest BCUT2D eigenvalue weighted by Gasteiger charge is 2.19. The van der Waals surface area contributed by atoms with Crippen LogP contribution in [-0.2, 0) is 0 Å². The Morgan fingerprint density at radius 1 is 1.45 bits per heavy atom. The Bertz CT molecular complexity index is 504. The molecule has 2 N–H and O–H groups in total. The van der Waals surface area contributed by atoms with Gasteiger partial charge in [0.05, 0.1) is 10.6 Å². The summed E-state index contributed by atoms with van der Waals surface area (Å²) in [7, 11) is 0. The largest absolute Gasteiger partial charge is 0.396 e. The number of aliphatic hydroxyl groups is 1. The van der Waals surface area contributed by atoms with Gasteiger partial charge in [-0.3, -0.25) is 4.79 Å². The third-order valence-corrected chi connectivity index (χ3v) is 4.33. The third-order valence-electron chi connectivity index (χ3n) is 4.04. The molecule has 122 valence electrons. The number of rotatable bonds is 6. The van der Waals surface area contributed by atoms with Gasteiger partial charge in [-0.2, -0.15) is 0 Å². The number of hydrogen-bond donors (Lipinski definition) is 2. The van der Waals surface area contributed by atoms with Crippen LogP contribution in [0.2, 0.25) is 5.02 Å². The number of nitrogens with one attached hydrogen (secondary N) is 1. The summed E-state index contributed by atoms with van der Waals surface area (Å²) < 4.78 is 0. The van der Waals surface area contributed by atoms with E-state index in [0.717, 1.165) is 32.4 Å². The van der Waals surface area contributed by atoms with Crippen LogP contribution in [0.1, 0.15) is 49.4 Å². The van der Waals surface area contributed by atoms with E-state index in [1.807, 2.05) is 11.8 Å². The Morgan fingerprint density at radius 2 is 2.18 bits per heavy atom. The van der Waals surface area contributed by atoms with E-state index >= 15 is 0 Å². The molecule has 0 spiro atoms. The summed E-state index contributed by atoms with van der Waals surface area (Å²) in [5.74, 6) is 0.570. The second-order valence-corrected chi connectivity index (χ2v) is 6.08. The topological polar surface area (TPSA) is 65.5 Å². The molecule has 1 aliphatic rings. The van der Waals surface area contributed by atoms with E-state index in [9.17, 15) is 4.79 Å². The highest BCUT2D eigenvalue weighted by atomic mass is 35.5. The van der Waals surface area contributed by atoms with Crippen molar-refractivity contribution in [2.24, 2.45) is 0 Å². The maximum Gasteiger partial charge on any atom is 0.255 e. The summed E-state index contributed by atoms with van der Waals surface area (Å²) in [6.07, 6.45) is 6.40. The fourth-order valence-corrected chi connectivity index (χ4v) is 2.89. The molecule has 22 heavy (non-hydrogen) atoms. The van der Waals surface area contributed by atoms with Gasteiger partial charge < -0.3 is 15.3 Å². The summed E-state index contributed by atoms with van der Waals surface area (Å²) in [6, 6.07) is 1.80. The SMILES string of the molecule is CCC(CCO)Nc1ncc(C(=O)N2CCCCC2)cc1Cl. The van der Waals surface area contributed by atoms with Gasteiger partial charge in [-0.25, -0.2) is 4.98 Å². The quantitative estimate of drug-likeness (QED) is 0.844. The predicted molar refractivity (Wildman–Crippen MR) is 88.4 cm³/mol. The number of likely N-dealkylation sites (tertiary alicyclic amines) is 1. The molecule has 0 radical (unpaired) electrons. The molecule has 1 aromatic heterocycles. The Kier molecular flexibility index (Phi) is 6.46. The molecule has 0 aliphatic carbocycles. The number of aromatic nitrogens is 1. The minimum Gasteiger partial charge on any atom is -0.396 e. The number of amides is 1. The van der Waals surface area contributed by atoms with Gasteiger partial charge in [0.25, 0.3) is 5.91 Å². The van der Waals surface area contributed by atoms with Crippen LogP contribution in [0.5, 0.6) is 0 Å². The number of nitrogens with zero attached hydrogens (tertiary/aromatic N) is 2. The zero-order valence-corrected chi connectivity index (χ0v) is 13.8. The lowest BCUT2D eigenvalue weighted by Crippen LogP contribution is -2.35. The van der Waals surface area contributed by atoms with Gasteiger partial charge in [-0.15, -0.1) is 0 Å². The van der Waals surface area contributed by atoms with Gasteiger partial charge in [0.2, 0.25) is 0 Å².